The van der Waals surface area contributed by atoms with Crippen molar-refractivity contribution in [2.45, 2.75) is 42.5 Å². The summed E-state index contributed by atoms with van der Waals surface area (Å²) < 4.78 is 26.1. The van der Waals surface area contributed by atoms with Crippen LogP contribution < -0.4 is 14.4 Å². The maximum absolute atomic E-state index is 14.1. The van der Waals surface area contributed by atoms with Crippen molar-refractivity contribution < 1.29 is 28.6 Å². The number of carbonyl (C=O) groups is 2. The highest BCUT2D eigenvalue weighted by Gasteiger charge is 2.48. The molecule has 6 rings (SSSR count). The molecule has 2 aliphatic heterocycles. The van der Waals surface area contributed by atoms with Crippen LogP contribution in [-0.4, -0.2) is 39.7 Å². The van der Waals surface area contributed by atoms with E-state index in [9.17, 15) is 19.1 Å². The number of Topliss-reactive ketones (excluding diaryl/α,β-unsaturated/α-hetero) is 1. The van der Waals surface area contributed by atoms with Gasteiger partial charge in [0.15, 0.2) is 4.34 Å². The predicted molar refractivity (Wildman–Crippen MR) is 158 cm³/mol. The lowest BCUT2D eigenvalue weighted by molar-refractivity contribution is -0.132. The van der Waals surface area contributed by atoms with Gasteiger partial charge in [0.2, 0.25) is 5.13 Å². The number of amides is 1. The van der Waals surface area contributed by atoms with Crippen LogP contribution in [0.3, 0.4) is 0 Å². The number of hydrogen-bond acceptors (Lipinski definition) is 9. The molecule has 0 bridgehead atoms. The van der Waals surface area contributed by atoms with Crippen LogP contribution in [-0.2, 0) is 21.8 Å². The number of anilines is 1. The van der Waals surface area contributed by atoms with Gasteiger partial charge in [0, 0.05) is 17.7 Å². The number of nitrogens with zero attached hydrogens (tertiary/aromatic N) is 3. The van der Waals surface area contributed by atoms with E-state index in [0.717, 1.165) is 22.6 Å². The third-order valence-corrected chi connectivity index (χ3v) is 9.11. The Bertz CT molecular complexity index is 1720. The molecule has 42 heavy (non-hydrogen) atoms. The lowest BCUT2D eigenvalue weighted by atomic mass is 9.94. The van der Waals surface area contributed by atoms with Crippen molar-refractivity contribution in [2.75, 3.05) is 11.5 Å². The molecule has 0 spiro atoms. The van der Waals surface area contributed by atoms with Crippen molar-refractivity contribution in [1.82, 2.24) is 10.2 Å². The number of fused-ring (bicyclic) bond motifs is 1. The van der Waals surface area contributed by atoms with Crippen LogP contribution in [0.1, 0.15) is 42.1 Å². The van der Waals surface area contributed by atoms with E-state index < -0.39 is 17.7 Å². The van der Waals surface area contributed by atoms with E-state index in [-0.39, 0.29) is 28.4 Å². The third kappa shape index (κ3) is 5.25. The number of aromatic nitrogens is 2. The molecule has 1 amide bonds. The fourth-order valence-corrected chi connectivity index (χ4v) is 6.98. The van der Waals surface area contributed by atoms with Gasteiger partial charge in [-0.1, -0.05) is 53.4 Å². The molecule has 3 aromatic carbocycles. The lowest BCUT2D eigenvalue weighted by Gasteiger charge is -2.23. The summed E-state index contributed by atoms with van der Waals surface area (Å²) in [6.45, 7) is 4.25. The quantitative estimate of drug-likeness (QED) is 0.0821. The highest BCUT2D eigenvalue weighted by atomic mass is 32.2. The number of aliphatic hydroxyl groups excluding tert-OH is 1. The Morgan fingerprint density at radius 1 is 1.14 bits per heavy atom. The Morgan fingerprint density at radius 3 is 2.79 bits per heavy atom. The van der Waals surface area contributed by atoms with Crippen LogP contribution in [0, 0.1) is 5.82 Å². The molecular formula is C31H26FN3O5S2. The van der Waals surface area contributed by atoms with Gasteiger partial charge in [0.25, 0.3) is 5.78 Å². The number of ketones is 1. The van der Waals surface area contributed by atoms with Crippen molar-refractivity contribution in [3.63, 3.8) is 0 Å². The highest BCUT2D eigenvalue weighted by Crippen LogP contribution is 2.45. The van der Waals surface area contributed by atoms with E-state index >= 15 is 0 Å². The fraction of sp³-hybridized carbons (Fsp3) is 0.226. The summed E-state index contributed by atoms with van der Waals surface area (Å²) >= 11 is 2.40. The number of hydrogen-bond donors (Lipinski definition) is 1. The summed E-state index contributed by atoms with van der Waals surface area (Å²) in [6.07, 6.45) is 0.676. The minimum Gasteiger partial charge on any atom is -0.507 e. The second-order valence-electron chi connectivity index (χ2n) is 9.86. The van der Waals surface area contributed by atoms with Gasteiger partial charge in [-0.2, -0.15) is 0 Å². The molecule has 8 nitrogen and oxygen atoms in total. The zero-order chi connectivity index (χ0) is 29.4. The maximum Gasteiger partial charge on any atom is 0.301 e. The topological polar surface area (TPSA) is 102 Å². The van der Waals surface area contributed by atoms with Gasteiger partial charge in [-0.15, -0.1) is 10.2 Å². The summed E-state index contributed by atoms with van der Waals surface area (Å²) in [4.78, 5) is 28.4. The van der Waals surface area contributed by atoms with E-state index in [1.54, 1.807) is 60.7 Å². The first-order valence-electron chi connectivity index (χ1n) is 13.4. The van der Waals surface area contributed by atoms with E-state index in [2.05, 4.69) is 10.2 Å². The van der Waals surface area contributed by atoms with E-state index in [1.165, 1.54) is 22.7 Å². The molecule has 3 heterocycles. The van der Waals surface area contributed by atoms with Gasteiger partial charge in [0.05, 0.1) is 18.2 Å². The lowest BCUT2D eigenvalue weighted by Crippen LogP contribution is -2.29. The molecule has 4 aromatic rings. The maximum atomic E-state index is 14.1. The normalized spacial score (nSPS) is 19.2. The molecule has 0 radical (unpaired) electrons. The number of ether oxygens (including phenoxy) is 2. The Balaban J connectivity index is 1.40. The standard InChI is InChI=1S/C31H26FN3O5S2/c1-3-39-22-9-6-8-18(15-22)26-25(27(36)19-11-12-24-21(14-19)13-17(2)40-24)28(37)29(38)35(26)30-33-34-31(42-30)41-16-20-7-4-5-10-23(20)32/h4-12,14-15,17,26,36H,3,13,16H2,1-2H3/b27-25+/t17-,26+/m1/s1. The number of benzene rings is 3. The third-order valence-electron chi connectivity index (χ3n) is 7.01. The zero-order valence-corrected chi connectivity index (χ0v) is 24.4. The molecular weight excluding hydrogens is 577 g/mol. The minimum absolute atomic E-state index is 0.00661. The SMILES string of the molecule is CCOc1cccc([C@H]2/C(=C(\O)c3ccc4c(c3)C[C@@H](C)O4)C(=O)C(=O)N2c2nnc(SCc3ccccc3F)s2)c1. The van der Waals surface area contributed by atoms with Gasteiger partial charge >= 0.3 is 5.91 Å². The summed E-state index contributed by atoms with van der Waals surface area (Å²) in [5, 5.41) is 20.2. The predicted octanol–water partition coefficient (Wildman–Crippen LogP) is 6.32. The molecule has 1 fully saturated rings. The van der Waals surface area contributed by atoms with Crippen molar-refractivity contribution in [2.24, 2.45) is 0 Å². The first-order chi connectivity index (χ1) is 20.3. The Morgan fingerprint density at radius 2 is 1.98 bits per heavy atom. The Kier molecular flexibility index (Phi) is 7.70. The number of carbonyl (C=O) groups excluding carboxylic acids is 2. The van der Waals surface area contributed by atoms with Crippen LogP contribution >= 0.6 is 23.1 Å². The molecule has 1 N–H and O–H groups in total. The average molecular weight is 604 g/mol. The molecule has 2 atom stereocenters. The molecule has 2 aliphatic rings. The smallest absolute Gasteiger partial charge is 0.301 e. The van der Waals surface area contributed by atoms with Crippen LogP contribution in [0.2, 0.25) is 0 Å². The van der Waals surface area contributed by atoms with Gasteiger partial charge in [0.1, 0.15) is 29.2 Å². The molecule has 1 aromatic heterocycles. The Labute approximate surface area is 249 Å². The van der Waals surface area contributed by atoms with Gasteiger partial charge in [-0.25, -0.2) is 4.39 Å². The minimum atomic E-state index is -0.980. The van der Waals surface area contributed by atoms with E-state index in [0.29, 0.717) is 45.6 Å². The van der Waals surface area contributed by atoms with Crippen LogP contribution in [0.15, 0.2) is 76.6 Å². The molecule has 0 saturated carbocycles. The zero-order valence-electron chi connectivity index (χ0n) is 22.7. The average Bonchev–Trinajstić information content (AvgIpc) is 3.67. The van der Waals surface area contributed by atoms with Crippen molar-refractivity contribution in [3.05, 3.63) is 100 Å². The number of rotatable bonds is 8. The largest absolute Gasteiger partial charge is 0.507 e. The molecule has 1 saturated heterocycles. The highest BCUT2D eigenvalue weighted by molar-refractivity contribution is 8.00. The number of halogens is 1. The summed E-state index contributed by atoms with van der Waals surface area (Å²) in [6, 6.07) is 17.8. The van der Waals surface area contributed by atoms with E-state index in [4.69, 9.17) is 9.47 Å². The molecule has 0 unspecified atom stereocenters. The second-order valence-corrected chi connectivity index (χ2v) is 12.0. The van der Waals surface area contributed by atoms with Crippen LogP contribution in [0.5, 0.6) is 11.5 Å². The molecule has 214 valence electrons. The van der Waals surface area contributed by atoms with Crippen molar-refractivity contribution in [3.8, 4) is 11.5 Å². The van der Waals surface area contributed by atoms with Crippen LogP contribution in [0.4, 0.5) is 9.52 Å². The monoisotopic (exact) mass is 603 g/mol. The summed E-state index contributed by atoms with van der Waals surface area (Å²) in [7, 11) is 0. The van der Waals surface area contributed by atoms with Crippen molar-refractivity contribution >= 4 is 45.7 Å². The van der Waals surface area contributed by atoms with Gasteiger partial charge < -0.3 is 14.6 Å². The van der Waals surface area contributed by atoms with Crippen LogP contribution in [0.25, 0.3) is 5.76 Å². The first kappa shape index (κ1) is 27.9. The van der Waals surface area contributed by atoms with Gasteiger partial charge in [-0.3, -0.25) is 14.5 Å². The van der Waals surface area contributed by atoms with Gasteiger partial charge in [-0.05, 0) is 66.9 Å². The van der Waals surface area contributed by atoms with Crippen molar-refractivity contribution in [1.29, 1.82) is 0 Å². The summed E-state index contributed by atoms with van der Waals surface area (Å²) in [5.74, 6) is -0.660. The molecule has 11 heteroatoms. The number of aliphatic hydroxyl groups is 1. The summed E-state index contributed by atoms with van der Waals surface area (Å²) in [5.41, 5.74) is 2.35. The fourth-order valence-electron chi connectivity index (χ4n) is 5.12. The number of thioether (sulfide) groups is 1. The second kappa shape index (κ2) is 11.6. The Hall–Kier alpha value is -4.22. The first-order valence-corrected chi connectivity index (χ1v) is 15.2. The molecule has 0 aliphatic carbocycles. The van der Waals surface area contributed by atoms with E-state index in [1.807, 2.05) is 13.8 Å².